The number of esters is 1. The fourth-order valence-corrected chi connectivity index (χ4v) is 2.92. The lowest BCUT2D eigenvalue weighted by Gasteiger charge is -2.16. The van der Waals surface area contributed by atoms with Crippen LogP contribution in [0.1, 0.15) is 63.4 Å². The van der Waals surface area contributed by atoms with Crippen molar-refractivity contribution in [2.45, 2.75) is 64.3 Å². The van der Waals surface area contributed by atoms with E-state index < -0.39 is 0 Å². The summed E-state index contributed by atoms with van der Waals surface area (Å²) in [6.07, 6.45) is 10.2. The molecule has 0 bridgehead atoms. The van der Waals surface area contributed by atoms with Gasteiger partial charge in [-0.05, 0) is 25.5 Å². The van der Waals surface area contributed by atoms with Gasteiger partial charge in [0, 0.05) is 26.8 Å². The zero-order chi connectivity index (χ0) is 18.9. The molecule has 4 heteroatoms. The van der Waals surface area contributed by atoms with Gasteiger partial charge >= 0.3 is 5.97 Å². The Hall–Kier alpha value is -1.39. The lowest BCUT2D eigenvalue weighted by atomic mass is 10.1. The minimum absolute atomic E-state index is 0.0805. The quantitative estimate of drug-likeness (QED) is 0.312. The van der Waals surface area contributed by atoms with Gasteiger partial charge in [0.1, 0.15) is 0 Å². The third-order valence-electron chi connectivity index (χ3n) is 4.50. The number of rotatable bonds is 16. The monoisotopic (exact) mass is 363 g/mol. The molecule has 26 heavy (non-hydrogen) atoms. The Kier molecular flexibility index (Phi) is 13.8. The van der Waals surface area contributed by atoms with Crippen LogP contribution in [0.3, 0.4) is 0 Å². The Morgan fingerprint density at radius 3 is 2.08 bits per heavy atom. The van der Waals surface area contributed by atoms with Crippen LogP contribution in [-0.2, 0) is 20.8 Å². The SMILES string of the molecule is COCCCCCCCCCCOC(=O)CCN(C)Cc1ccccc1. The van der Waals surface area contributed by atoms with Crippen LogP contribution in [0.2, 0.25) is 0 Å². The van der Waals surface area contributed by atoms with Crippen LogP contribution in [0.15, 0.2) is 30.3 Å². The molecule has 0 atom stereocenters. The Morgan fingerprint density at radius 2 is 1.46 bits per heavy atom. The van der Waals surface area contributed by atoms with Gasteiger partial charge in [-0.2, -0.15) is 0 Å². The van der Waals surface area contributed by atoms with Crippen molar-refractivity contribution in [1.29, 1.82) is 0 Å². The highest BCUT2D eigenvalue weighted by atomic mass is 16.5. The first-order valence-electron chi connectivity index (χ1n) is 10.1. The van der Waals surface area contributed by atoms with Gasteiger partial charge in [0.2, 0.25) is 0 Å². The smallest absolute Gasteiger partial charge is 0.307 e. The summed E-state index contributed by atoms with van der Waals surface area (Å²) in [5.74, 6) is -0.0805. The Morgan fingerprint density at radius 1 is 0.885 bits per heavy atom. The predicted octanol–water partition coefficient (Wildman–Crippen LogP) is 4.82. The van der Waals surface area contributed by atoms with E-state index in [9.17, 15) is 4.79 Å². The number of carbonyl (C=O) groups excluding carboxylic acids is 1. The van der Waals surface area contributed by atoms with Crippen LogP contribution in [-0.4, -0.2) is 44.8 Å². The molecule has 4 nitrogen and oxygen atoms in total. The Bertz CT molecular complexity index is 450. The van der Waals surface area contributed by atoms with Crippen LogP contribution >= 0.6 is 0 Å². The van der Waals surface area contributed by atoms with Crippen molar-refractivity contribution in [1.82, 2.24) is 4.90 Å². The van der Waals surface area contributed by atoms with Gasteiger partial charge in [0.25, 0.3) is 0 Å². The van der Waals surface area contributed by atoms with E-state index in [1.165, 1.54) is 44.1 Å². The topological polar surface area (TPSA) is 38.8 Å². The van der Waals surface area contributed by atoms with Gasteiger partial charge in [-0.3, -0.25) is 4.79 Å². The molecule has 0 aliphatic carbocycles. The van der Waals surface area contributed by atoms with Crippen molar-refractivity contribution in [3.8, 4) is 0 Å². The lowest BCUT2D eigenvalue weighted by Crippen LogP contribution is -2.22. The number of nitrogens with zero attached hydrogens (tertiary/aromatic N) is 1. The number of carbonyl (C=O) groups is 1. The molecular weight excluding hydrogens is 326 g/mol. The van der Waals surface area contributed by atoms with E-state index in [0.29, 0.717) is 13.0 Å². The van der Waals surface area contributed by atoms with Crippen molar-refractivity contribution in [3.63, 3.8) is 0 Å². The highest BCUT2D eigenvalue weighted by molar-refractivity contribution is 5.69. The van der Waals surface area contributed by atoms with E-state index in [-0.39, 0.29) is 5.97 Å². The Balaban J connectivity index is 1.89. The van der Waals surface area contributed by atoms with Crippen LogP contribution in [0.5, 0.6) is 0 Å². The first-order chi connectivity index (χ1) is 12.7. The molecule has 1 rings (SSSR count). The highest BCUT2D eigenvalue weighted by Gasteiger charge is 2.06. The predicted molar refractivity (Wildman–Crippen MR) is 107 cm³/mol. The van der Waals surface area contributed by atoms with Crippen molar-refractivity contribution < 1.29 is 14.3 Å². The molecule has 0 spiro atoms. The summed E-state index contributed by atoms with van der Waals surface area (Å²) < 4.78 is 10.4. The minimum atomic E-state index is -0.0805. The van der Waals surface area contributed by atoms with Crippen LogP contribution in [0.4, 0.5) is 0 Å². The minimum Gasteiger partial charge on any atom is -0.466 e. The van der Waals surface area contributed by atoms with Gasteiger partial charge in [0.15, 0.2) is 0 Å². The van der Waals surface area contributed by atoms with Crippen molar-refractivity contribution in [3.05, 3.63) is 35.9 Å². The maximum atomic E-state index is 11.8. The number of unbranched alkanes of at least 4 members (excludes halogenated alkanes) is 7. The van der Waals surface area contributed by atoms with E-state index >= 15 is 0 Å². The normalized spacial score (nSPS) is 11.0. The van der Waals surface area contributed by atoms with E-state index in [1.807, 2.05) is 25.2 Å². The maximum Gasteiger partial charge on any atom is 0.307 e. The van der Waals surface area contributed by atoms with Gasteiger partial charge in [-0.1, -0.05) is 68.9 Å². The number of methoxy groups -OCH3 is 1. The molecule has 0 fully saturated rings. The molecular formula is C22H37NO3. The Labute approximate surface area is 159 Å². The van der Waals surface area contributed by atoms with E-state index in [2.05, 4.69) is 17.0 Å². The molecule has 1 aromatic carbocycles. The van der Waals surface area contributed by atoms with Gasteiger partial charge < -0.3 is 14.4 Å². The van der Waals surface area contributed by atoms with Gasteiger partial charge in [-0.15, -0.1) is 0 Å². The summed E-state index contributed by atoms with van der Waals surface area (Å²) in [5.41, 5.74) is 1.27. The molecule has 0 amide bonds. The molecule has 0 unspecified atom stereocenters. The average molecular weight is 364 g/mol. The molecule has 0 aliphatic heterocycles. The third-order valence-corrected chi connectivity index (χ3v) is 4.50. The molecule has 1 aromatic rings. The molecule has 0 radical (unpaired) electrons. The van der Waals surface area contributed by atoms with Crippen LogP contribution in [0, 0.1) is 0 Å². The second-order valence-electron chi connectivity index (χ2n) is 7.02. The summed E-state index contributed by atoms with van der Waals surface area (Å²) in [6, 6.07) is 10.3. The van der Waals surface area contributed by atoms with Gasteiger partial charge in [-0.25, -0.2) is 0 Å². The second-order valence-corrected chi connectivity index (χ2v) is 7.02. The summed E-state index contributed by atoms with van der Waals surface area (Å²) in [5, 5.41) is 0. The standard InChI is InChI=1S/C22H37NO3/c1-23(20-21-14-10-9-11-15-21)17-16-22(24)26-19-13-8-6-4-3-5-7-12-18-25-2/h9-11,14-15H,3-8,12-13,16-20H2,1-2H3. The summed E-state index contributed by atoms with van der Waals surface area (Å²) in [7, 11) is 3.80. The molecule has 0 saturated carbocycles. The lowest BCUT2D eigenvalue weighted by molar-refractivity contribution is -0.144. The number of benzene rings is 1. The second kappa shape index (κ2) is 15.8. The molecule has 0 N–H and O–H groups in total. The average Bonchev–Trinajstić information content (AvgIpc) is 2.65. The number of ether oxygens (including phenoxy) is 2. The first kappa shape index (κ1) is 22.7. The fourth-order valence-electron chi connectivity index (χ4n) is 2.92. The molecule has 0 aliphatic rings. The van der Waals surface area contributed by atoms with Gasteiger partial charge in [0.05, 0.1) is 13.0 Å². The van der Waals surface area contributed by atoms with Crippen LogP contribution < -0.4 is 0 Å². The van der Waals surface area contributed by atoms with E-state index in [4.69, 9.17) is 9.47 Å². The van der Waals surface area contributed by atoms with Crippen LogP contribution in [0.25, 0.3) is 0 Å². The van der Waals surface area contributed by atoms with E-state index in [0.717, 1.165) is 32.5 Å². The molecule has 148 valence electrons. The summed E-state index contributed by atoms with van der Waals surface area (Å²) in [4.78, 5) is 14.0. The fraction of sp³-hybridized carbons (Fsp3) is 0.682. The molecule has 0 aromatic heterocycles. The summed E-state index contributed by atoms with van der Waals surface area (Å²) >= 11 is 0. The number of hydrogen-bond acceptors (Lipinski definition) is 4. The first-order valence-corrected chi connectivity index (χ1v) is 10.1. The largest absolute Gasteiger partial charge is 0.466 e. The summed E-state index contributed by atoms with van der Waals surface area (Å²) in [6.45, 7) is 3.04. The number of hydrogen-bond donors (Lipinski definition) is 0. The molecule has 0 saturated heterocycles. The zero-order valence-corrected chi connectivity index (χ0v) is 16.8. The van der Waals surface area contributed by atoms with E-state index in [1.54, 1.807) is 7.11 Å². The third kappa shape index (κ3) is 12.9. The molecule has 0 heterocycles. The zero-order valence-electron chi connectivity index (χ0n) is 16.8. The van der Waals surface area contributed by atoms with Crippen molar-refractivity contribution in [2.75, 3.05) is 33.9 Å². The van der Waals surface area contributed by atoms with Crippen molar-refractivity contribution >= 4 is 5.97 Å². The maximum absolute atomic E-state index is 11.8. The van der Waals surface area contributed by atoms with Crippen molar-refractivity contribution in [2.24, 2.45) is 0 Å². The highest BCUT2D eigenvalue weighted by Crippen LogP contribution is 2.09.